The van der Waals surface area contributed by atoms with E-state index in [0.29, 0.717) is 30.9 Å². The van der Waals surface area contributed by atoms with Crippen molar-refractivity contribution in [2.75, 3.05) is 11.4 Å². The van der Waals surface area contributed by atoms with Crippen molar-refractivity contribution in [1.82, 2.24) is 25.2 Å². The maximum absolute atomic E-state index is 13.6. The number of nitrogens with zero attached hydrogens (tertiary/aromatic N) is 5. The van der Waals surface area contributed by atoms with Crippen molar-refractivity contribution in [3.63, 3.8) is 0 Å². The highest BCUT2D eigenvalue weighted by Gasteiger charge is 2.39. The lowest BCUT2D eigenvalue weighted by molar-refractivity contribution is -0.149. The Morgan fingerprint density at radius 2 is 2.10 bits per heavy atom. The minimum Gasteiger partial charge on any atom is -0.362 e. The van der Waals surface area contributed by atoms with Gasteiger partial charge in [-0.2, -0.15) is 18.3 Å². The van der Waals surface area contributed by atoms with Crippen molar-refractivity contribution < 1.29 is 17.6 Å². The van der Waals surface area contributed by atoms with Crippen LogP contribution in [0.25, 0.3) is 0 Å². The normalized spacial score (nSPS) is 15.1. The smallest absolute Gasteiger partial charge is 0.362 e. The zero-order valence-corrected chi connectivity index (χ0v) is 16.6. The van der Waals surface area contributed by atoms with Gasteiger partial charge in [-0.15, -0.1) is 5.10 Å². The van der Waals surface area contributed by atoms with Crippen molar-refractivity contribution in [2.24, 2.45) is 5.73 Å². The first-order chi connectivity index (χ1) is 14.6. The van der Waals surface area contributed by atoms with E-state index in [1.807, 2.05) is 4.90 Å². The number of H-pyrrole nitrogens is 1. The predicted octanol–water partition coefficient (Wildman–Crippen LogP) is 2.33. The van der Waals surface area contributed by atoms with E-state index in [1.165, 1.54) is 16.9 Å². The second-order valence-corrected chi connectivity index (χ2v) is 7.45. The molecule has 164 valence electrons. The van der Waals surface area contributed by atoms with Gasteiger partial charge in [-0.25, -0.2) is 14.2 Å². The molecule has 0 radical (unpaired) electrons. The van der Waals surface area contributed by atoms with E-state index in [0.717, 1.165) is 17.8 Å². The van der Waals surface area contributed by atoms with Gasteiger partial charge in [0, 0.05) is 13.0 Å². The number of hydrogen-bond donors (Lipinski definition) is 2. The zero-order chi connectivity index (χ0) is 22.3. The summed E-state index contributed by atoms with van der Waals surface area (Å²) in [4.78, 5) is 13.5. The standard InChI is InChI=1S/C18H16ClF4N7O/c19-15-14(6-25-27-17(15)31)29-4-3-13-12(8-29)26-28-30(13)7-9-1-2-10(20)5-11(9)16(24)18(21,22)23/h1-2,5-6,16H,3-4,7-8,24H2,(H,27,31). The molecule has 3 N–H and O–H groups in total. The summed E-state index contributed by atoms with van der Waals surface area (Å²) < 4.78 is 54.5. The summed E-state index contributed by atoms with van der Waals surface area (Å²) in [5.41, 5.74) is 6.42. The van der Waals surface area contributed by atoms with Crippen LogP contribution in [-0.2, 0) is 19.5 Å². The minimum absolute atomic E-state index is 0.00272. The van der Waals surface area contributed by atoms with E-state index in [4.69, 9.17) is 17.3 Å². The molecule has 0 fully saturated rings. The molecule has 0 saturated heterocycles. The highest BCUT2D eigenvalue weighted by molar-refractivity contribution is 6.32. The molecule has 31 heavy (non-hydrogen) atoms. The Balaban J connectivity index is 1.61. The maximum Gasteiger partial charge on any atom is 0.407 e. The van der Waals surface area contributed by atoms with Crippen molar-refractivity contribution in [3.05, 3.63) is 68.1 Å². The summed E-state index contributed by atoms with van der Waals surface area (Å²) in [6.45, 7) is 0.705. The second-order valence-electron chi connectivity index (χ2n) is 7.07. The highest BCUT2D eigenvalue weighted by atomic mass is 35.5. The Morgan fingerprint density at radius 1 is 1.32 bits per heavy atom. The van der Waals surface area contributed by atoms with Gasteiger partial charge in [0.2, 0.25) is 0 Å². The van der Waals surface area contributed by atoms with Crippen molar-refractivity contribution in [1.29, 1.82) is 0 Å². The second kappa shape index (κ2) is 7.93. The minimum atomic E-state index is -4.72. The first-order valence-electron chi connectivity index (χ1n) is 9.15. The third-order valence-corrected chi connectivity index (χ3v) is 5.48. The van der Waals surface area contributed by atoms with Gasteiger partial charge in [-0.05, 0) is 23.3 Å². The summed E-state index contributed by atoms with van der Waals surface area (Å²) in [6, 6.07) is 0.815. The Bertz CT molecular complexity index is 1180. The molecular formula is C18H16ClF4N7O. The van der Waals surface area contributed by atoms with Crippen LogP contribution < -0.4 is 16.2 Å². The lowest BCUT2D eigenvalue weighted by Gasteiger charge is -2.28. The third-order valence-electron chi connectivity index (χ3n) is 5.11. The molecule has 1 aliphatic rings. The van der Waals surface area contributed by atoms with Gasteiger partial charge in [0.1, 0.15) is 22.6 Å². The average molecular weight is 458 g/mol. The Morgan fingerprint density at radius 3 is 2.84 bits per heavy atom. The molecule has 0 spiro atoms. The lowest BCUT2D eigenvalue weighted by atomic mass is 10.00. The monoisotopic (exact) mass is 457 g/mol. The van der Waals surface area contributed by atoms with Gasteiger partial charge in [0.15, 0.2) is 0 Å². The zero-order valence-electron chi connectivity index (χ0n) is 15.8. The van der Waals surface area contributed by atoms with Gasteiger partial charge in [-0.3, -0.25) is 4.79 Å². The predicted molar refractivity (Wildman–Crippen MR) is 103 cm³/mol. The van der Waals surface area contributed by atoms with Crippen LogP contribution in [0.2, 0.25) is 5.02 Å². The largest absolute Gasteiger partial charge is 0.407 e. The van der Waals surface area contributed by atoms with Gasteiger partial charge in [-0.1, -0.05) is 22.9 Å². The third kappa shape index (κ3) is 4.12. The van der Waals surface area contributed by atoms with Crippen molar-refractivity contribution in [2.45, 2.75) is 31.7 Å². The first kappa shape index (κ1) is 21.2. The Hall–Kier alpha value is -2.99. The van der Waals surface area contributed by atoms with E-state index in [2.05, 4.69) is 20.5 Å². The molecule has 1 aliphatic heterocycles. The number of benzene rings is 1. The van der Waals surface area contributed by atoms with Crippen LogP contribution >= 0.6 is 11.6 Å². The van der Waals surface area contributed by atoms with Crippen LogP contribution in [0.4, 0.5) is 23.2 Å². The molecule has 0 saturated carbocycles. The lowest BCUT2D eigenvalue weighted by Crippen LogP contribution is -2.33. The molecule has 8 nitrogen and oxygen atoms in total. The van der Waals surface area contributed by atoms with E-state index >= 15 is 0 Å². The number of hydrogen-bond acceptors (Lipinski definition) is 6. The highest BCUT2D eigenvalue weighted by Crippen LogP contribution is 2.33. The number of aromatic nitrogens is 5. The van der Waals surface area contributed by atoms with E-state index in [1.54, 1.807) is 0 Å². The number of aromatic amines is 1. The number of nitrogens with two attached hydrogens (primary N) is 1. The van der Waals surface area contributed by atoms with Crippen molar-refractivity contribution in [3.8, 4) is 0 Å². The van der Waals surface area contributed by atoms with Gasteiger partial charge in [0.25, 0.3) is 5.56 Å². The van der Waals surface area contributed by atoms with Crippen molar-refractivity contribution >= 4 is 17.3 Å². The molecule has 0 bridgehead atoms. The molecule has 2 aromatic heterocycles. The number of alkyl halides is 3. The topological polar surface area (TPSA) is 106 Å². The summed E-state index contributed by atoms with van der Waals surface area (Å²) in [7, 11) is 0. The molecule has 1 atom stereocenters. The number of halogens is 5. The van der Waals surface area contributed by atoms with E-state index in [-0.39, 0.29) is 22.7 Å². The first-order valence-corrected chi connectivity index (χ1v) is 9.53. The number of nitrogens with one attached hydrogen (secondary N) is 1. The number of rotatable bonds is 4. The Labute approximate surface area is 177 Å². The molecular weight excluding hydrogens is 442 g/mol. The van der Waals surface area contributed by atoms with Gasteiger partial charge >= 0.3 is 6.18 Å². The van der Waals surface area contributed by atoms with Crippen LogP contribution in [0.5, 0.6) is 0 Å². The van der Waals surface area contributed by atoms with E-state index in [9.17, 15) is 22.4 Å². The fourth-order valence-corrected chi connectivity index (χ4v) is 3.74. The van der Waals surface area contributed by atoms with E-state index < -0.39 is 23.6 Å². The molecule has 1 unspecified atom stereocenters. The number of fused-ring (bicyclic) bond motifs is 1. The molecule has 3 aromatic rings. The molecule has 4 rings (SSSR count). The quantitative estimate of drug-likeness (QED) is 0.582. The number of anilines is 1. The molecule has 0 aliphatic carbocycles. The molecule has 3 heterocycles. The Kier molecular flexibility index (Phi) is 5.43. The van der Waals surface area contributed by atoms with Crippen LogP contribution in [0.3, 0.4) is 0 Å². The molecule has 1 aromatic carbocycles. The fraction of sp³-hybridized carbons (Fsp3) is 0.333. The summed E-state index contributed by atoms with van der Waals surface area (Å²) >= 11 is 6.06. The van der Waals surface area contributed by atoms with Crippen LogP contribution in [-0.4, -0.2) is 37.9 Å². The van der Waals surface area contributed by atoms with Gasteiger partial charge in [0.05, 0.1) is 30.7 Å². The summed E-state index contributed by atoms with van der Waals surface area (Å²) in [5, 5.41) is 14.2. The fourth-order valence-electron chi connectivity index (χ4n) is 3.53. The summed E-state index contributed by atoms with van der Waals surface area (Å²) in [5.74, 6) is -0.807. The molecule has 0 amide bonds. The average Bonchev–Trinajstić information content (AvgIpc) is 3.12. The maximum atomic E-state index is 13.6. The van der Waals surface area contributed by atoms with Crippen LogP contribution in [0.1, 0.15) is 28.6 Å². The SMILES string of the molecule is NC(c1cc(F)ccc1Cn1nnc2c1CCN(c1cn[nH]c(=O)c1Cl)C2)C(F)(F)F. The molecule has 13 heteroatoms. The van der Waals surface area contributed by atoms with Crippen LogP contribution in [0, 0.1) is 5.82 Å². The van der Waals surface area contributed by atoms with Gasteiger partial charge < -0.3 is 10.6 Å². The summed E-state index contributed by atoms with van der Waals surface area (Å²) in [6.07, 6.45) is -2.83. The van der Waals surface area contributed by atoms with Crippen LogP contribution in [0.15, 0.2) is 29.2 Å².